The number of alkyl halides is 2. The molecule has 25 heavy (non-hydrogen) atoms. The molecule has 5 nitrogen and oxygen atoms in total. The van der Waals surface area contributed by atoms with Gasteiger partial charge in [0.05, 0.1) is 12.3 Å². The average Bonchev–Trinajstić information content (AvgIpc) is 2.60. The highest BCUT2D eigenvalue weighted by molar-refractivity contribution is 6.02. The summed E-state index contributed by atoms with van der Waals surface area (Å²) in [6, 6.07) is 12.8. The standard InChI is InChI=1S/C18H18F2N2O3/c1-3-24-14-10-8-13(9-11-14)17(23)22-21-12(2)15-6-4-5-7-16(15)25-18(19)20/h4-11,18H,3H2,1-2H3,(H,22,23)/b21-12-. The highest BCUT2D eigenvalue weighted by Gasteiger charge is 2.12. The Labute approximate surface area is 144 Å². The van der Waals surface area contributed by atoms with E-state index in [0.29, 0.717) is 29.2 Å². The number of carbonyl (C=O) groups is 1. The van der Waals surface area contributed by atoms with Crippen molar-refractivity contribution in [2.45, 2.75) is 20.5 Å². The van der Waals surface area contributed by atoms with Crippen molar-refractivity contribution in [3.05, 3.63) is 59.7 Å². The molecule has 0 saturated carbocycles. The van der Waals surface area contributed by atoms with Gasteiger partial charge in [0.15, 0.2) is 0 Å². The van der Waals surface area contributed by atoms with Crippen LogP contribution in [-0.2, 0) is 0 Å². The van der Waals surface area contributed by atoms with Gasteiger partial charge in [0.25, 0.3) is 5.91 Å². The lowest BCUT2D eigenvalue weighted by Gasteiger charge is -2.10. The van der Waals surface area contributed by atoms with Gasteiger partial charge in [0, 0.05) is 11.1 Å². The molecule has 0 aromatic heterocycles. The fraction of sp³-hybridized carbons (Fsp3) is 0.222. The molecule has 2 aromatic carbocycles. The number of hydrazone groups is 1. The van der Waals surface area contributed by atoms with Crippen LogP contribution in [0.15, 0.2) is 53.6 Å². The number of halogens is 2. The van der Waals surface area contributed by atoms with E-state index in [4.69, 9.17) is 4.74 Å². The number of rotatable bonds is 7. The minimum absolute atomic E-state index is 0.00549. The Bertz CT molecular complexity index is 746. The molecule has 0 radical (unpaired) electrons. The van der Waals surface area contributed by atoms with Crippen LogP contribution in [0.3, 0.4) is 0 Å². The zero-order chi connectivity index (χ0) is 18.2. The van der Waals surface area contributed by atoms with Crippen LogP contribution in [0.4, 0.5) is 8.78 Å². The van der Waals surface area contributed by atoms with Gasteiger partial charge in [-0.15, -0.1) is 0 Å². The van der Waals surface area contributed by atoms with Gasteiger partial charge in [-0.25, -0.2) is 5.43 Å². The normalized spacial score (nSPS) is 11.3. The van der Waals surface area contributed by atoms with E-state index in [0.717, 1.165) is 0 Å². The van der Waals surface area contributed by atoms with Crippen molar-refractivity contribution < 1.29 is 23.0 Å². The Hall–Kier alpha value is -2.96. The molecule has 0 saturated heterocycles. The molecule has 1 amide bonds. The Morgan fingerprint density at radius 1 is 1.16 bits per heavy atom. The van der Waals surface area contributed by atoms with Crippen molar-refractivity contribution in [3.8, 4) is 11.5 Å². The molecule has 2 aromatic rings. The SMILES string of the molecule is CCOc1ccc(C(=O)N/N=C(/C)c2ccccc2OC(F)F)cc1. The summed E-state index contributed by atoms with van der Waals surface area (Å²) in [7, 11) is 0. The summed E-state index contributed by atoms with van der Waals surface area (Å²) in [6.07, 6.45) is 0. The second kappa shape index (κ2) is 8.77. The van der Waals surface area contributed by atoms with Crippen molar-refractivity contribution in [2.24, 2.45) is 5.10 Å². The molecule has 1 N–H and O–H groups in total. The number of hydrogen-bond donors (Lipinski definition) is 1. The molecule has 0 bridgehead atoms. The van der Waals surface area contributed by atoms with Gasteiger partial charge in [-0.05, 0) is 50.2 Å². The summed E-state index contributed by atoms with van der Waals surface area (Å²) >= 11 is 0. The molecule has 0 fully saturated rings. The highest BCUT2D eigenvalue weighted by Crippen LogP contribution is 2.21. The maximum Gasteiger partial charge on any atom is 0.387 e. The molecule has 0 aliphatic carbocycles. The quantitative estimate of drug-likeness (QED) is 0.611. The van der Waals surface area contributed by atoms with Gasteiger partial charge in [-0.1, -0.05) is 12.1 Å². The van der Waals surface area contributed by atoms with E-state index in [-0.39, 0.29) is 5.75 Å². The molecule has 0 spiro atoms. The molecular weight excluding hydrogens is 330 g/mol. The third-order valence-electron chi connectivity index (χ3n) is 3.25. The number of carbonyl (C=O) groups excluding carboxylic acids is 1. The van der Waals surface area contributed by atoms with E-state index in [1.54, 1.807) is 49.4 Å². The lowest BCUT2D eigenvalue weighted by Crippen LogP contribution is -2.19. The molecule has 7 heteroatoms. The predicted molar refractivity (Wildman–Crippen MR) is 90.4 cm³/mol. The van der Waals surface area contributed by atoms with Crippen LogP contribution in [0.1, 0.15) is 29.8 Å². The molecule has 0 aliphatic heterocycles. The Morgan fingerprint density at radius 2 is 1.84 bits per heavy atom. The topological polar surface area (TPSA) is 59.9 Å². The van der Waals surface area contributed by atoms with E-state index in [1.165, 1.54) is 6.07 Å². The van der Waals surface area contributed by atoms with Crippen molar-refractivity contribution >= 4 is 11.6 Å². The van der Waals surface area contributed by atoms with E-state index < -0.39 is 12.5 Å². The maximum atomic E-state index is 12.4. The lowest BCUT2D eigenvalue weighted by atomic mass is 10.1. The van der Waals surface area contributed by atoms with Gasteiger partial charge in [0.2, 0.25) is 0 Å². The fourth-order valence-electron chi connectivity index (χ4n) is 2.09. The van der Waals surface area contributed by atoms with Crippen LogP contribution >= 0.6 is 0 Å². The average molecular weight is 348 g/mol. The minimum atomic E-state index is -2.94. The first-order valence-corrected chi connectivity index (χ1v) is 7.63. The number of nitrogens with one attached hydrogen (secondary N) is 1. The lowest BCUT2D eigenvalue weighted by molar-refractivity contribution is -0.0499. The fourth-order valence-corrected chi connectivity index (χ4v) is 2.09. The van der Waals surface area contributed by atoms with Gasteiger partial charge >= 0.3 is 6.61 Å². The number of nitrogens with zero attached hydrogens (tertiary/aromatic N) is 1. The van der Waals surface area contributed by atoms with Crippen molar-refractivity contribution in [2.75, 3.05) is 6.61 Å². The van der Waals surface area contributed by atoms with Crippen LogP contribution in [0, 0.1) is 0 Å². The van der Waals surface area contributed by atoms with E-state index >= 15 is 0 Å². The van der Waals surface area contributed by atoms with Crippen molar-refractivity contribution in [1.82, 2.24) is 5.43 Å². The largest absolute Gasteiger partial charge is 0.494 e. The second-order valence-corrected chi connectivity index (χ2v) is 4.97. The summed E-state index contributed by atoms with van der Waals surface area (Å²) in [5, 5.41) is 3.96. The molecule has 0 heterocycles. The Kier molecular flexibility index (Phi) is 6.45. The molecule has 132 valence electrons. The Morgan fingerprint density at radius 3 is 2.48 bits per heavy atom. The first kappa shape index (κ1) is 18.4. The van der Waals surface area contributed by atoms with Gasteiger partial charge in [0.1, 0.15) is 11.5 Å². The van der Waals surface area contributed by atoms with Crippen LogP contribution in [-0.4, -0.2) is 24.8 Å². The molecule has 0 atom stereocenters. The number of ether oxygens (including phenoxy) is 2. The monoisotopic (exact) mass is 348 g/mol. The van der Waals surface area contributed by atoms with E-state index in [9.17, 15) is 13.6 Å². The molecule has 2 rings (SSSR count). The third kappa shape index (κ3) is 5.27. The highest BCUT2D eigenvalue weighted by atomic mass is 19.3. The molecular formula is C18H18F2N2O3. The first-order chi connectivity index (χ1) is 12.0. The van der Waals surface area contributed by atoms with Gasteiger partial charge < -0.3 is 9.47 Å². The Balaban J connectivity index is 2.09. The van der Waals surface area contributed by atoms with Crippen molar-refractivity contribution in [1.29, 1.82) is 0 Å². The van der Waals surface area contributed by atoms with Crippen LogP contribution in [0.25, 0.3) is 0 Å². The minimum Gasteiger partial charge on any atom is -0.494 e. The summed E-state index contributed by atoms with van der Waals surface area (Å²) in [6.45, 7) is 1.06. The van der Waals surface area contributed by atoms with Crippen LogP contribution in [0.5, 0.6) is 11.5 Å². The van der Waals surface area contributed by atoms with Gasteiger partial charge in [-0.3, -0.25) is 4.79 Å². The maximum absolute atomic E-state index is 12.4. The van der Waals surface area contributed by atoms with E-state index in [1.807, 2.05) is 6.92 Å². The first-order valence-electron chi connectivity index (χ1n) is 7.63. The smallest absolute Gasteiger partial charge is 0.387 e. The zero-order valence-electron chi connectivity index (χ0n) is 13.8. The number of hydrogen-bond acceptors (Lipinski definition) is 4. The summed E-state index contributed by atoms with van der Waals surface area (Å²) in [5.41, 5.74) is 3.51. The zero-order valence-corrected chi connectivity index (χ0v) is 13.8. The molecule has 0 aliphatic rings. The summed E-state index contributed by atoms with van der Waals surface area (Å²) in [5.74, 6) is 0.237. The summed E-state index contributed by atoms with van der Waals surface area (Å²) < 4.78 is 34.6. The molecule has 0 unspecified atom stereocenters. The third-order valence-corrected chi connectivity index (χ3v) is 3.25. The predicted octanol–water partition coefficient (Wildman–Crippen LogP) is 3.84. The summed E-state index contributed by atoms with van der Waals surface area (Å²) in [4.78, 5) is 12.1. The number of para-hydroxylation sites is 1. The van der Waals surface area contributed by atoms with Crippen LogP contribution in [0.2, 0.25) is 0 Å². The number of amides is 1. The van der Waals surface area contributed by atoms with Crippen molar-refractivity contribution in [3.63, 3.8) is 0 Å². The second-order valence-electron chi connectivity index (χ2n) is 4.97. The number of benzene rings is 2. The van der Waals surface area contributed by atoms with Crippen LogP contribution < -0.4 is 14.9 Å². The van der Waals surface area contributed by atoms with Gasteiger partial charge in [-0.2, -0.15) is 13.9 Å². The van der Waals surface area contributed by atoms with E-state index in [2.05, 4.69) is 15.3 Å².